The van der Waals surface area contributed by atoms with E-state index in [1.165, 1.54) is 24.1 Å². The topological polar surface area (TPSA) is 195 Å². The second-order valence-electron chi connectivity index (χ2n) is 20.2. The largest absolute Gasteiger partial charge is 0.494 e. The summed E-state index contributed by atoms with van der Waals surface area (Å²) in [5.74, 6) is 0.169. The molecule has 11 rings (SSSR count). The van der Waals surface area contributed by atoms with Crippen LogP contribution in [-0.2, 0) is 14.2 Å². The van der Waals surface area contributed by atoms with Crippen molar-refractivity contribution < 1.29 is 28.5 Å². The van der Waals surface area contributed by atoms with Crippen molar-refractivity contribution in [1.29, 1.82) is 0 Å². The number of nitrogens with zero attached hydrogens (tertiary/aromatic N) is 8. The summed E-state index contributed by atoms with van der Waals surface area (Å²) in [6.45, 7) is 9.35. The first-order chi connectivity index (χ1) is 33.8. The quantitative estimate of drug-likeness (QED) is 0.0866. The van der Waals surface area contributed by atoms with Gasteiger partial charge in [-0.3, -0.25) is 44.3 Å². The highest BCUT2D eigenvalue weighted by Gasteiger charge is 2.46. The molecule has 3 N–H and O–H groups in total. The second kappa shape index (κ2) is 18.3. The number of amides is 4. The molecule has 4 saturated heterocycles. The van der Waals surface area contributed by atoms with Gasteiger partial charge in [-0.1, -0.05) is 0 Å². The lowest BCUT2D eigenvalue weighted by Crippen LogP contribution is -2.54. The van der Waals surface area contributed by atoms with Gasteiger partial charge in [0.15, 0.2) is 0 Å². The van der Waals surface area contributed by atoms with Crippen LogP contribution in [0, 0.1) is 5.41 Å². The SMILES string of the molecule is COc1cc(N2CCC(N3CCCC4(CCN(c5ccc6c(c5)C(=O)N(C5CCC(=O)NC5=O)C6=O)CC4)C3)CC2)c(C2CC2)cc1Nc1ncc(Br)c(Nc2ccc3nccnc3c2P(C)(C)=O)n1. The van der Waals surface area contributed by atoms with Gasteiger partial charge in [-0.15, -0.1) is 0 Å². The van der Waals surface area contributed by atoms with Crippen molar-refractivity contribution in [2.45, 2.75) is 82.2 Å². The fourth-order valence-electron chi connectivity index (χ4n) is 11.6. The number of imide groups is 2. The zero-order valence-electron chi connectivity index (χ0n) is 39.7. The number of hydrogen-bond acceptors (Lipinski definition) is 15. The molecule has 5 fully saturated rings. The van der Waals surface area contributed by atoms with Gasteiger partial charge in [0.1, 0.15) is 30.3 Å². The Morgan fingerprint density at radius 1 is 0.814 bits per heavy atom. The lowest BCUT2D eigenvalue weighted by Gasteiger charge is -2.51. The van der Waals surface area contributed by atoms with Crippen LogP contribution in [0.1, 0.15) is 96.4 Å². The summed E-state index contributed by atoms with van der Waals surface area (Å²) in [5.41, 5.74) is 7.07. The van der Waals surface area contributed by atoms with Gasteiger partial charge in [-0.05, 0) is 147 Å². The van der Waals surface area contributed by atoms with E-state index in [2.05, 4.69) is 73.7 Å². The molecule has 1 atom stereocenters. The van der Waals surface area contributed by atoms with Crippen LogP contribution >= 0.6 is 23.1 Å². The van der Waals surface area contributed by atoms with E-state index in [1.54, 1.807) is 45.1 Å². The fraction of sp³-hybridized carbons (Fsp3) is 0.451. The number of hydrogen-bond donors (Lipinski definition) is 3. The Labute approximate surface area is 415 Å². The number of carbonyl (C=O) groups is 4. The fourth-order valence-corrected chi connectivity index (χ4v) is 13.3. The molecule has 6 aliphatic rings. The van der Waals surface area contributed by atoms with Crippen LogP contribution < -0.4 is 35.8 Å². The van der Waals surface area contributed by atoms with Gasteiger partial charge in [0.05, 0.1) is 44.9 Å². The number of rotatable bonds is 11. The number of ether oxygens (including phenoxy) is 1. The monoisotopic (exact) mass is 1030 g/mol. The van der Waals surface area contributed by atoms with Gasteiger partial charge in [-0.25, -0.2) is 4.98 Å². The zero-order chi connectivity index (χ0) is 48.5. The molecule has 19 heteroatoms. The molecule has 7 heterocycles. The Balaban J connectivity index is 0.735. The molecular weight excluding hydrogens is 974 g/mol. The zero-order valence-corrected chi connectivity index (χ0v) is 42.2. The lowest BCUT2D eigenvalue weighted by atomic mass is 9.72. The second-order valence-corrected chi connectivity index (χ2v) is 24.2. The van der Waals surface area contributed by atoms with Crippen LogP contribution in [0.3, 0.4) is 0 Å². The third-order valence-corrected chi connectivity index (χ3v) is 17.5. The van der Waals surface area contributed by atoms with Crippen molar-refractivity contribution in [3.8, 4) is 5.75 Å². The summed E-state index contributed by atoms with van der Waals surface area (Å²) in [5, 5.41) is 9.75. The molecule has 3 aromatic carbocycles. The molecule has 5 aromatic rings. The van der Waals surface area contributed by atoms with Gasteiger partial charge < -0.3 is 29.7 Å². The van der Waals surface area contributed by atoms with Crippen LogP contribution in [0.2, 0.25) is 0 Å². The molecule has 0 bridgehead atoms. The van der Waals surface area contributed by atoms with Crippen molar-refractivity contribution in [3.05, 3.63) is 82.2 Å². The molecule has 5 aliphatic heterocycles. The van der Waals surface area contributed by atoms with E-state index in [4.69, 9.17) is 9.72 Å². The van der Waals surface area contributed by atoms with Crippen molar-refractivity contribution in [2.24, 2.45) is 5.41 Å². The molecule has 1 spiro atoms. The molecule has 1 unspecified atom stereocenters. The number of halogens is 1. The highest BCUT2D eigenvalue weighted by Crippen LogP contribution is 2.49. The summed E-state index contributed by atoms with van der Waals surface area (Å²) in [7, 11) is -1.09. The lowest BCUT2D eigenvalue weighted by molar-refractivity contribution is -0.136. The van der Waals surface area contributed by atoms with E-state index >= 15 is 0 Å². The summed E-state index contributed by atoms with van der Waals surface area (Å²) in [4.78, 5) is 78.3. The number of fused-ring (bicyclic) bond motifs is 2. The Kier molecular flexibility index (Phi) is 12.2. The van der Waals surface area contributed by atoms with Crippen molar-refractivity contribution in [1.82, 2.24) is 35.1 Å². The minimum Gasteiger partial charge on any atom is -0.494 e. The number of piperidine rings is 4. The maximum Gasteiger partial charge on any atom is 0.262 e. The maximum absolute atomic E-state index is 13.6. The molecule has 70 heavy (non-hydrogen) atoms. The highest BCUT2D eigenvalue weighted by atomic mass is 79.9. The Morgan fingerprint density at radius 2 is 1.59 bits per heavy atom. The minimum atomic E-state index is -2.79. The average Bonchev–Trinajstić information content (AvgIpc) is 4.18. The smallest absolute Gasteiger partial charge is 0.262 e. The number of likely N-dealkylation sites (tertiary alicyclic amines) is 1. The number of anilines is 6. The first-order valence-electron chi connectivity index (χ1n) is 24.4. The van der Waals surface area contributed by atoms with Crippen molar-refractivity contribution >= 4 is 97.6 Å². The summed E-state index contributed by atoms with van der Waals surface area (Å²) in [6.07, 6.45) is 14.2. The number of carbonyl (C=O) groups excluding carboxylic acids is 4. The molecule has 1 saturated carbocycles. The third kappa shape index (κ3) is 8.80. The molecule has 0 radical (unpaired) electrons. The van der Waals surface area contributed by atoms with Gasteiger partial charge in [-0.2, -0.15) is 4.98 Å². The highest BCUT2D eigenvalue weighted by molar-refractivity contribution is 9.10. The number of aromatic nitrogens is 4. The Bertz CT molecular complexity index is 3000. The van der Waals surface area contributed by atoms with Gasteiger partial charge >= 0.3 is 0 Å². The Morgan fingerprint density at radius 3 is 2.33 bits per heavy atom. The normalized spacial score (nSPS) is 21.1. The summed E-state index contributed by atoms with van der Waals surface area (Å²) in [6, 6.07) is 13.1. The third-order valence-electron chi connectivity index (χ3n) is 15.4. The Hall–Kier alpha value is -5.97. The van der Waals surface area contributed by atoms with Gasteiger partial charge in [0, 0.05) is 81.2 Å². The molecule has 364 valence electrons. The van der Waals surface area contributed by atoms with Gasteiger partial charge in [0.25, 0.3) is 11.8 Å². The van der Waals surface area contributed by atoms with Crippen LogP contribution in [0.5, 0.6) is 5.75 Å². The van der Waals surface area contributed by atoms with Crippen LogP contribution in [0.15, 0.2) is 65.5 Å². The van der Waals surface area contributed by atoms with Crippen molar-refractivity contribution in [3.63, 3.8) is 0 Å². The van der Waals surface area contributed by atoms with E-state index in [9.17, 15) is 23.7 Å². The average molecular weight is 1030 g/mol. The molecule has 2 aromatic heterocycles. The van der Waals surface area contributed by atoms with Crippen LogP contribution in [-0.4, -0.2) is 125 Å². The van der Waals surface area contributed by atoms with E-state index in [-0.39, 0.29) is 24.2 Å². The van der Waals surface area contributed by atoms with E-state index < -0.39 is 30.9 Å². The standard InChI is InChI=1S/C51H57BrN11O6P/c1-69-42-27-41(34(30-5-6-30)26-39(42)57-50-55-28-36(52)46(59-50)56-38-10-9-37-44(54-19-18-53-37)45(38)70(2,3)68)61-21-13-31(14-22-61)62-20-4-15-51(29-62)16-23-60(24-17-51)32-7-8-33-35(25-32)49(67)63(48(33)66)40-11-12-43(64)58-47(40)65/h7-10,18-19,25-28,30-31,40H,4-6,11-17,20-24,29H2,1-3H3,(H,58,64,65)(H2,55,56,57,59). The van der Waals surface area contributed by atoms with Crippen molar-refractivity contribution in [2.75, 3.05) is 80.1 Å². The summed E-state index contributed by atoms with van der Waals surface area (Å²) < 4.78 is 20.3. The minimum absolute atomic E-state index is 0.0945. The number of nitrogens with one attached hydrogen (secondary N) is 3. The van der Waals surface area contributed by atoms with E-state index in [0.29, 0.717) is 67.1 Å². The van der Waals surface area contributed by atoms with Gasteiger partial charge in [0.2, 0.25) is 17.8 Å². The summed E-state index contributed by atoms with van der Waals surface area (Å²) >= 11 is 3.62. The van der Waals surface area contributed by atoms with E-state index in [1.807, 2.05) is 24.3 Å². The maximum atomic E-state index is 13.6. The van der Waals surface area contributed by atoms with Crippen LogP contribution in [0.4, 0.5) is 34.5 Å². The van der Waals surface area contributed by atoms with Crippen LogP contribution in [0.25, 0.3) is 11.0 Å². The first kappa shape index (κ1) is 46.4. The first-order valence-corrected chi connectivity index (χ1v) is 27.8. The molecule has 1 aliphatic carbocycles. The molecule has 17 nitrogen and oxygen atoms in total. The molecular formula is C51H57BrN11O6P. The van der Waals surface area contributed by atoms with E-state index in [0.717, 1.165) is 94.1 Å². The number of benzene rings is 3. The predicted molar refractivity (Wildman–Crippen MR) is 273 cm³/mol. The molecule has 4 amide bonds. The number of methoxy groups -OCH3 is 1. The predicted octanol–water partition coefficient (Wildman–Crippen LogP) is 7.56.